The van der Waals surface area contributed by atoms with Gasteiger partial charge in [0.15, 0.2) is 0 Å². The number of nitrogens with zero attached hydrogens (tertiary/aromatic N) is 4. The number of pyridine rings is 2. The fourth-order valence-electron chi connectivity index (χ4n) is 9.24. The molecular formula is C47H28N4O. The van der Waals surface area contributed by atoms with E-state index in [0.29, 0.717) is 0 Å². The van der Waals surface area contributed by atoms with Crippen molar-refractivity contribution in [1.29, 1.82) is 0 Å². The maximum absolute atomic E-state index is 6.80. The molecule has 5 heteroatoms. The summed E-state index contributed by atoms with van der Waals surface area (Å²) >= 11 is 0. The Morgan fingerprint density at radius 3 is 1.56 bits per heavy atom. The van der Waals surface area contributed by atoms with Gasteiger partial charge >= 0.3 is 0 Å². The number of rotatable bonds is 2. The van der Waals surface area contributed by atoms with Crippen molar-refractivity contribution in [2.75, 3.05) is 0 Å². The standard InChI is InChI=1S/C47H28N4O/c1-6-18-39-31(12-1)32-13-2-7-19-40(32)50(39)29-23-24-44-37(26-29)47(35-16-5-10-22-43(35)52-44)36-17-11-25-48-45(36)46-38(47)27-30(28-49-46)51-41-20-8-3-14-33(41)34-15-4-9-21-42(34)51/h1-28H. The topological polar surface area (TPSA) is 44.9 Å². The number of benzene rings is 6. The van der Waals surface area contributed by atoms with E-state index >= 15 is 0 Å². The van der Waals surface area contributed by atoms with Crippen molar-refractivity contribution in [2.24, 2.45) is 0 Å². The van der Waals surface area contributed by atoms with Crippen LogP contribution in [0.2, 0.25) is 0 Å². The lowest BCUT2D eigenvalue weighted by atomic mass is 9.66. The molecule has 10 aromatic rings. The zero-order valence-corrected chi connectivity index (χ0v) is 27.9. The summed E-state index contributed by atoms with van der Waals surface area (Å²) in [6, 6.07) is 56.3. The summed E-state index contributed by atoms with van der Waals surface area (Å²) in [4.78, 5) is 10.3. The van der Waals surface area contributed by atoms with Crippen molar-refractivity contribution in [3.63, 3.8) is 0 Å². The zero-order valence-electron chi connectivity index (χ0n) is 27.9. The average Bonchev–Trinajstić information content (AvgIpc) is 3.83. The van der Waals surface area contributed by atoms with E-state index in [4.69, 9.17) is 14.7 Å². The first-order chi connectivity index (χ1) is 25.8. The van der Waals surface area contributed by atoms with Gasteiger partial charge in [0.25, 0.3) is 0 Å². The minimum Gasteiger partial charge on any atom is -0.457 e. The van der Waals surface area contributed by atoms with Gasteiger partial charge in [-0.3, -0.25) is 9.97 Å². The molecule has 5 nitrogen and oxygen atoms in total. The molecule has 0 fully saturated rings. The van der Waals surface area contributed by atoms with Crippen molar-refractivity contribution in [3.8, 4) is 34.3 Å². The SMILES string of the molecule is c1ccc2c(c1)Oc1ccc(-n3c4ccccc4c4ccccc43)cc1C21c2cccnc2-c2ncc(-n3c4ccccc4c4ccccc43)cc21. The molecule has 6 aromatic carbocycles. The van der Waals surface area contributed by atoms with Crippen LogP contribution >= 0.6 is 0 Å². The Bertz CT molecular complexity index is 3030. The molecule has 4 aromatic heterocycles. The largest absolute Gasteiger partial charge is 0.457 e. The van der Waals surface area contributed by atoms with E-state index in [1.807, 2.05) is 12.4 Å². The van der Waals surface area contributed by atoms with E-state index in [9.17, 15) is 0 Å². The molecule has 0 N–H and O–H groups in total. The van der Waals surface area contributed by atoms with Crippen molar-refractivity contribution < 1.29 is 4.74 Å². The lowest BCUT2D eigenvalue weighted by Gasteiger charge is -2.39. The van der Waals surface area contributed by atoms with Gasteiger partial charge < -0.3 is 13.9 Å². The quantitative estimate of drug-likeness (QED) is 0.185. The normalized spacial score (nSPS) is 15.5. The van der Waals surface area contributed by atoms with E-state index in [1.54, 1.807) is 0 Å². The number of para-hydroxylation sites is 5. The Morgan fingerprint density at radius 2 is 0.904 bits per heavy atom. The van der Waals surface area contributed by atoms with Crippen LogP contribution in [-0.4, -0.2) is 19.1 Å². The smallest absolute Gasteiger partial charge is 0.132 e. The Balaban J connectivity index is 1.20. The van der Waals surface area contributed by atoms with Gasteiger partial charge in [0.05, 0.1) is 50.8 Å². The molecule has 1 aliphatic heterocycles. The molecule has 0 amide bonds. The molecule has 0 radical (unpaired) electrons. The second-order valence-electron chi connectivity index (χ2n) is 13.8. The predicted octanol–water partition coefficient (Wildman–Crippen LogP) is 11.1. The highest BCUT2D eigenvalue weighted by molar-refractivity contribution is 6.10. The third-order valence-corrected chi connectivity index (χ3v) is 11.3. The van der Waals surface area contributed by atoms with Crippen LogP contribution in [0.3, 0.4) is 0 Å². The number of hydrogen-bond donors (Lipinski definition) is 0. The van der Waals surface area contributed by atoms with Gasteiger partial charge in [-0.05, 0) is 66.2 Å². The molecule has 0 bridgehead atoms. The van der Waals surface area contributed by atoms with Crippen LogP contribution in [-0.2, 0) is 5.41 Å². The fraction of sp³-hybridized carbons (Fsp3) is 0.0213. The second kappa shape index (κ2) is 10.1. The van der Waals surface area contributed by atoms with Gasteiger partial charge in [-0.2, -0.15) is 0 Å². The summed E-state index contributed by atoms with van der Waals surface area (Å²) in [6.07, 6.45) is 3.89. The maximum Gasteiger partial charge on any atom is 0.132 e. The van der Waals surface area contributed by atoms with Gasteiger partial charge in [0, 0.05) is 50.1 Å². The second-order valence-corrected chi connectivity index (χ2v) is 13.8. The van der Waals surface area contributed by atoms with E-state index in [1.165, 1.54) is 32.6 Å². The molecular weight excluding hydrogens is 637 g/mol. The summed E-state index contributed by atoms with van der Waals surface area (Å²) in [5.41, 5.74) is 12.1. The van der Waals surface area contributed by atoms with Gasteiger partial charge in [0.2, 0.25) is 0 Å². The highest BCUT2D eigenvalue weighted by Gasteiger charge is 2.52. The van der Waals surface area contributed by atoms with Crippen LogP contribution in [0.5, 0.6) is 11.5 Å². The highest BCUT2D eigenvalue weighted by Crippen LogP contribution is 2.61. The monoisotopic (exact) mass is 664 g/mol. The Hall–Kier alpha value is -6.98. The molecule has 242 valence electrons. The fourth-order valence-corrected chi connectivity index (χ4v) is 9.24. The summed E-state index contributed by atoms with van der Waals surface area (Å²) in [6.45, 7) is 0. The minimum absolute atomic E-state index is 0.736. The summed E-state index contributed by atoms with van der Waals surface area (Å²) in [5.74, 6) is 1.66. The highest BCUT2D eigenvalue weighted by atomic mass is 16.5. The maximum atomic E-state index is 6.80. The number of ether oxygens (including phenoxy) is 1. The van der Waals surface area contributed by atoms with Crippen molar-refractivity contribution in [2.45, 2.75) is 5.41 Å². The summed E-state index contributed by atoms with van der Waals surface area (Å²) in [5, 5.41) is 4.90. The van der Waals surface area contributed by atoms with Gasteiger partial charge in [-0.15, -0.1) is 0 Å². The third kappa shape index (κ3) is 3.42. The van der Waals surface area contributed by atoms with Crippen molar-refractivity contribution in [3.05, 3.63) is 192 Å². The number of fused-ring (bicyclic) bond motifs is 15. The number of aromatic nitrogens is 4. The molecule has 1 aliphatic carbocycles. The van der Waals surface area contributed by atoms with Crippen LogP contribution in [0, 0.1) is 0 Å². The van der Waals surface area contributed by atoms with Gasteiger partial charge in [-0.1, -0.05) is 97.1 Å². The molecule has 0 saturated carbocycles. The van der Waals surface area contributed by atoms with E-state index in [2.05, 4.69) is 167 Å². The average molecular weight is 665 g/mol. The summed E-state index contributed by atoms with van der Waals surface area (Å²) < 4.78 is 11.5. The molecule has 0 saturated heterocycles. The molecule has 1 spiro atoms. The lowest BCUT2D eigenvalue weighted by Crippen LogP contribution is -2.32. The first-order valence-electron chi connectivity index (χ1n) is 17.7. The lowest BCUT2D eigenvalue weighted by molar-refractivity contribution is 0.436. The molecule has 2 aliphatic rings. The first-order valence-corrected chi connectivity index (χ1v) is 17.7. The Labute approximate surface area is 298 Å². The van der Waals surface area contributed by atoms with Gasteiger partial charge in [-0.25, -0.2) is 0 Å². The van der Waals surface area contributed by atoms with Crippen LogP contribution < -0.4 is 4.74 Å². The molecule has 5 heterocycles. The van der Waals surface area contributed by atoms with Crippen LogP contribution in [0.1, 0.15) is 22.3 Å². The van der Waals surface area contributed by atoms with Crippen LogP contribution in [0.25, 0.3) is 66.4 Å². The molecule has 52 heavy (non-hydrogen) atoms. The molecule has 1 atom stereocenters. The summed E-state index contributed by atoms with van der Waals surface area (Å²) in [7, 11) is 0. The molecule has 12 rings (SSSR count). The van der Waals surface area contributed by atoms with Crippen LogP contribution in [0.15, 0.2) is 170 Å². The van der Waals surface area contributed by atoms with Crippen molar-refractivity contribution >= 4 is 43.6 Å². The Kier molecular flexibility index (Phi) is 5.37. The van der Waals surface area contributed by atoms with E-state index in [0.717, 1.165) is 67.5 Å². The third-order valence-electron chi connectivity index (χ3n) is 11.3. The minimum atomic E-state index is -0.736. The van der Waals surface area contributed by atoms with E-state index in [-0.39, 0.29) is 0 Å². The molecule has 1 unspecified atom stereocenters. The Morgan fingerprint density at radius 1 is 0.404 bits per heavy atom. The van der Waals surface area contributed by atoms with E-state index < -0.39 is 5.41 Å². The zero-order chi connectivity index (χ0) is 34.0. The first kappa shape index (κ1) is 27.8. The van der Waals surface area contributed by atoms with Crippen LogP contribution in [0.4, 0.5) is 0 Å². The van der Waals surface area contributed by atoms with Crippen molar-refractivity contribution in [1.82, 2.24) is 19.1 Å². The van der Waals surface area contributed by atoms with Gasteiger partial charge in [0.1, 0.15) is 11.5 Å². The predicted molar refractivity (Wildman–Crippen MR) is 208 cm³/mol. The number of hydrogen-bond acceptors (Lipinski definition) is 3.